The average Bonchev–Trinajstić information content (AvgIpc) is 2.48. The Morgan fingerprint density at radius 3 is 2.30 bits per heavy atom. The van der Waals surface area contributed by atoms with Gasteiger partial charge in [0.05, 0.1) is 0 Å². The summed E-state index contributed by atoms with van der Waals surface area (Å²) >= 11 is 0. The molecule has 1 aliphatic rings. The molecule has 0 saturated carbocycles. The maximum absolute atomic E-state index is 6.09. The monoisotopic (exact) mass is 276 g/mol. The van der Waals surface area contributed by atoms with Crippen molar-refractivity contribution in [2.75, 3.05) is 51.7 Å². The molecule has 1 aromatic carbocycles. The standard InChI is InChI=1S/C16H28N4/c1-16(13-17,20-10-8-18-9-11-20)12-14-4-6-15(7-5-14)19(2)3/h4-7,18H,8-13,17H2,1-3H3. The molecule has 1 aliphatic heterocycles. The highest BCUT2D eigenvalue weighted by atomic mass is 15.2. The molecule has 0 bridgehead atoms. The van der Waals surface area contributed by atoms with Gasteiger partial charge in [-0.15, -0.1) is 0 Å². The molecule has 0 spiro atoms. The van der Waals surface area contributed by atoms with Crippen molar-refractivity contribution < 1.29 is 0 Å². The van der Waals surface area contributed by atoms with Gasteiger partial charge in [0.15, 0.2) is 0 Å². The van der Waals surface area contributed by atoms with E-state index in [0.717, 1.165) is 32.6 Å². The Labute approximate surface area is 122 Å². The second-order valence-electron chi connectivity index (χ2n) is 6.18. The van der Waals surface area contributed by atoms with Crippen molar-refractivity contribution in [1.29, 1.82) is 0 Å². The fourth-order valence-corrected chi connectivity index (χ4v) is 2.87. The van der Waals surface area contributed by atoms with Crippen LogP contribution in [0.3, 0.4) is 0 Å². The van der Waals surface area contributed by atoms with Gasteiger partial charge in [0.1, 0.15) is 0 Å². The Morgan fingerprint density at radius 1 is 1.20 bits per heavy atom. The highest BCUT2D eigenvalue weighted by Crippen LogP contribution is 2.22. The van der Waals surface area contributed by atoms with Gasteiger partial charge in [-0.3, -0.25) is 4.90 Å². The number of hydrogen-bond donors (Lipinski definition) is 2. The Balaban J connectivity index is 2.08. The van der Waals surface area contributed by atoms with Gasteiger partial charge >= 0.3 is 0 Å². The number of rotatable bonds is 5. The van der Waals surface area contributed by atoms with E-state index in [0.29, 0.717) is 6.54 Å². The lowest BCUT2D eigenvalue weighted by molar-refractivity contribution is 0.0946. The van der Waals surface area contributed by atoms with Crippen molar-refractivity contribution in [2.45, 2.75) is 18.9 Å². The highest BCUT2D eigenvalue weighted by Gasteiger charge is 2.31. The second-order valence-corrected chi connectivity index (χ2v) is 6.18. The molecule has 0 radical (unpaired) electrons. The van der Waals surface area contributed by atoms with Crippen molar-refractivity contribution in [1.82, 2.24) is 10.2 Å². The summed E-state index contributed by atoms with van der Waals surface area (Å²) in [7, 11) is 4.14. The van der Waals surface area contributed by atoms with Gasteiger partial charge < -0.3 is 16.0 Å². The molecule has 2 rings (SSSR count). The zero-order chi connectivity index (χ0) is 14.6. The molecule has 4 heteroatoms. The zero-order valence-corrected chi connectivity index (χ0v) is 13.0. The van der Waals surface area contributed by atoms with E-state index in [1.807, 2.05) is 0 Å². The molecule has 1 saturated heterocycles. The summed E-state index contributed by atoms with van der Waals surface area (Å²) in [6.45, 7) is 7.29. The molecule has 3 N–H and O–H groups in total. The SMILES string of the molecule is CN(C)c1ccc(CC(C)(CN)N2CCNCC2)cc1. The van der Waals surface area contributed by atoms with Crippen LogP contribution in [-0.4, -0.2) is 57.3 Å². The Bertz CT molecular complexity index is 409. The van der Waals surface area contributed by atoms with Crippen LogP contribution in [-0.2, 0) is 6.42 Å². The fourth-order valence-electron chi connectivity index (χ4n) is 2.87. The molecular formula is C16H28N4. The molecule has 1 heterocycles. The van der Waals surface area contributed by atoms with Gasteiger partial charge in [-0.05, 0) is 31.0 Å². The van der Waals surface area contributed by atoms with Gasteiger partial charge in [0.2, 0.25) is 0 Å². The predicted octanol–water partition coefficient (Wildman–Crippen LogP) is 0.918. The number of anilines is 1. The minimum Gasteiger partial charge on any atom is -0.378 e. The Morgan fingerprint density at radius 2 is 1.80 bits per heavy atom. The molecule has 1 fully saturated rings. The average molecular weight is 276 g/mol. The molecule has 1 unspecified atom stereocenters. The van der Waals surface area contributed by atoms with E-state index in [9.17, 15) is 0 Å². The quantitative estimate of drug-likeness (QED) is 0.839. The van der Waals surface area contributed by atoms with Gasteiger partial charge in [0, 0.05) is 58.0 Å². The van der Waals surface area contributed by atoms with E-state index in [1.54, 1.807) is 0 Å². The molecule has 0 amide bonds. The molecule has 1 aromatic rings. The lowest BCUT2D eigenvalue weighted by Crippen LogP contribution is -2.59. The van der Waals surface area contributed by atoms with Crippen molar-refractivity contribution in [2.24, 2.45) is 5.73 Å². The maximum Gasteiger partial charge on any atom is 0.0361 e. The molecule has 4 nitrogen and oxygen atoms in total. The van der Waals surface area contributed by atoms with Crippen molar-refractivity contribution >= 4 is 5.69 Å². The van der Waals surface area contributed by atoms with Crippen molar-refractivity contribution in [3.63, 3.8) is 0 Å². The second kappa shape index (κ2) is 6.57. The smallest absolute Gasteiger partial charge is 0.0361 e. The van der Waals surface area contributed by atoms with Crippen LogP contribution in [0.4, 0.5) is 5.69 Å². The van der Waals surface area contributed by atoms with Gasteiger partial charge in [-0.2, -0.15) is 0 Å². The summed E-state index contributed by atoms with van der Waals surface area (Å²) in [4.78, 5) is 4.66. The number of benzene rings is 1. The van der Waals surface area contributed by atoms with Crippen LogP contribution in [0.1, 0.15) is 12.5 Å². The number of nitrogens with zero attached hydrogens (tertiary/aromatic N) is 2. The first kappa shape index (κ1) is 15.3. The van der Waals surface area contributed by atoms with E-state index >= 15 is 0 Å². The third-order valence-corrected chi connectivity index (χ3v) is 4.36. The van der Waals surface area contributed by atoms with Crippen LogP contribution >= 0.6 is 0 Å². The lowest BCUT2D eigenvalue weighted by Gasteiger charge is -2.43. The molecule has 112 valence electrons. The lowest BCUT2D eigenvalue weighted by atomic mass is 9.90. The first-order valence-corrected chi connectivity index (χ1v) is 7.47. The van der Waals surface area contributed by atoms with Crippen LogP contribution in [0.15, 0.2) is 24.3 Å². The minimum atomic E-state index is 0.0573. The summed E-state index contributed by atoms with van der Waals surface area (Å²) in [6, 6.07) is 8.82. The minimum absolute atomic E-state index is 0.0573. The van der Waals surface area contributed by atoms with Crippen LogP contribution in [0.5, 0.6) is 0 Å². The van der Waals surface area contributed by atoms with Gasteiger partial charge in [0.25, 0.3) is 0 Å². The number of hydrogen-bond acceptors (Lipinski definition) is 4. The molecule has 20 heavy (non-hydrogen) atoms. The largest absolute Gasteiger partial charge is 0.378 e. The van der Waals surface area contributed by atoms with E-state index < -0.39 is 0 Å². The summed E-state index contributed by atoms with van der Waals surface area (Å²) < 4.78 is 0. The molecular weight excluding hydrogens is 248 g/mol. The molecule has 1 atom stereocenters. The molecule has 0 aliphatic carbocycles. The normalized spacial score (nSPS) is 19.6. The van der Waals surface area contributed by atoms with Crippen LogP contribution in [0.25, 0.3) is 0 Å². The first-order chi connectivity index (χ1) is 9.55. The third kappa shape index (κ3) is 3.51. The summed E-state index contributed by atoms with van der Waals surface area (Å²) in [5.74, 6) is 0. The van der Waals surface area contributed by atoms with E-state index in [2.05, 4.69) is 60.4 Å². The third-order valence-electron chi connectivity index (χ3n) is 4.36. The predicted molar refractivity (Wildman–Crippen MR) is 86.4 cm³/mol. The zero-order valence-electron chi connectivity index (χ0n) is 13.0. The number of nitrogens with two attached hydrogens (primary N) is 1. The summed E-state index contributed by atoms with van der Waals surface area (Å²) in [6.07, 6.45) is 1.01. The van der Waals surface area contributed by atoms with Gasteiger partial charge in [-0.25, -0.2) is 0 Å². The molecule has 0 aromatic heterocycles. The van der Waals surface area contributed by atoms with E-state index in [1.165, 1.54) is 11.3 Å². The van der Waals surface area contributed by atoms with Crippen molar-refractivity contribution in [3.8, 4) is 0 Å². The van der Waals surface area contributed by atoms with Crippen LogP contribution in [0.2, 0.25) is 0 Å². The Kier molecular flexibility index (Phi) is 5.02. The fraction of sp³-hybridized carbons (Fsp3) is 0.625. The van der Waals surface area contributed by atoms with E-state index in [4.69, 9.17) is 5.73 Å². The topological polar surface area (TPSA) is 44.5 Å². The Hall–Kier alpha value is -1.10. The van der Waals surface area contributed by atoms with Crippen molar-refractivity contribution in [3.05, 3.63) is 29.8 Å². The summed E-state index contributed by atoms with van der Waals surface area (Å²) in [5, 5.41) is 3.41. The number of piperazine rings is 1. The number of nitrogens with one attached hydrogen (secondary N) is 1. The summed E-state index contributed by atoms with van der Waals surface area (Å²) in [5.41, 5.74) is 8.75. The van der Waals surface area contributed by atoms with E-state index in [-0.39, 0.29) is 5.54 Å². The van der Waals surface area contributed by atoms with Crippen LogP contribution in [0, 0.1) is 0 Å². The van der Waals surface area contributed by atoms with Crippen LogP contribution < -0.4 is 16.0 Å². The maximum atomic E-state index is 6.09. The van der Waals surface area contributed by atoms with Gasteiger partial charge in [-0.1, -0.05) is 12.1 Å². The highest BCUT2D eigenvalue weighted by molar-refractivity contribution is 5.46. The first-order valence-electron chi connectivity index (χ1n) is 7.47.